The number of hydrogen-bond acceptors (Lipinski definition) is 4. The Labute approximate surface area is 84.4 Å². The summed E-state index contributed by atoms with van der Waals surface area (Å²) in [6.07, 6.45) is 4.78. The Morgan fingerprint density at radius 3 is 2.86 bits per heavy atom. The largest absolute Gasteiger partial charge is 0.337 e. The van der Waals surface area contributed by atoms with E-state index in [9.17, 15) is 0 Å². The second kappa shape index (κ2) is 4.37. The minimum Gasteiger partial charge on any atom is -0.337 e. The molecule has 2 heterocycles. The molecule has 76 valence electrons. The van der Waals surface area contributed by atoms with E-state index < -0.39 is 0 Å². The fraction of sp³-hybridized carbons (Fsp3) is 0.600. The third-order valence-corrected chi connectivity index (χ3v) is 2.62. The van der Waals surface area contributed by atoms with E-state index >= 15 is 0 Å². The van der Waals surface area contributed by atoms with E-state index in [4.69, 9.17) is 0 Å². The average Bonchev–Trinajstić information content (AvgIpc) is 2.74. The molecular weight excluding hydrogens is 176 g/mol. The molecule has 2 rings (SSSR count). The molecule has 0 amide bonds. The highest BCUT2D eigenvalue weighted by Gasteiger charge is 2.22. The highest BCUT2D eigenvalue weighted by molar-refractivity contribution is 5.30. The van der Waals surface area contributed by atoms with E-state index in [2.05, 4.69) is 27.1 Å². The molecular formula is C10H16N4. The van der Waals surface area contributed by atoms with Crippen LogP contribution in [-0.4, -0.2) is 35.6 Å². The van der Waals surface area contributed by atoms with Crippen molar-refractivity contribution in [3.05, 3.63) is 18.5 Å². The normalized spacial score (nSPS) is 21.1. The molecule has 1 saturated heterocycles. The van der Waals surface area contributed by atoms with Gasteiger partial charge in [0.1, 0.15) is 0 Å². The van der Waals surface area contributed by atoms with E-state index in [0.29, 0.717) is 6.04 Å². The molecule has 14 heavy (non-hydrogen) atoms. The maximum atomic E-state index is 4.28. The molecule has 1 fully saturated rings. The fourth-order valence-corrected chi connectivity index (χ4v) is 1.91. The summed E-state index contributed by atoms with van der Waals surface area (Å²) in [7, 11) is 0. The Hall–Kier alpha value is -1.16. The van der Waals surface area contributed by atoms with Crippen LogP contribution in [0.25, 0.3) is 0 Å². The number of aromatic nitrogens is 2. The van der Waals surface area contributed by atoms with Gasteiger partial charge in [-0.05, 0) is 26.0 Å². The molecule has 1 N–H and O–H groups in total. The topological polar surface area (TPSA) is 41.1 Å². The Balaban J connectivity index is 2.12. The van der Waals surface area contributed by atoms with Gasteiger partial charge in [0.05, 0.1) is 0 Å². The molecule has 1 aliphatic rings. The van der Waals surface area contributed by atoms with Crippen molar-refractivity contribution in [2.75, 3.05) is 24.5 Å². The molecule has 0 aromatic carbocycles. The summed E-state index contributed by atoms with van der Waals surface area (Å²) < 4.78 is 0. The molecule has 0 bridgehead atoms. The number of nitrogens with zero attached hydrogens (tertiary/aromatic N) is 3. The first-order valence-electron chi connectivity index (χ1n) is 5.16. The predicted octanol–water partition coefficient (Wildman–Crippen LogP) is 0.665. The Morgan fingerprint density at radius 1 is 1.50 bits per heavy atom. The van der Waals surface area contributed by atoms with Crippen molar-refractivity contribution in [1.82, 2.24) is 15.3 Å². The number of nitrogens with one attached hydrogen (secondary N) is 1. The summed E-state index contributed by atoms with van der Waals surface area (Å²) >= 11 is 0. The van der Waals surface area contributed by atoms with Crippen LogP contribution in [0.2, 0.25) is 0 Å². The quantitative estimate of drug-likeness (QED) is 0.764. The molecule has 0 radical (unpaired) electrons. The molecule has 1 aromatic heterocycles. The van der Waals surface area contributed by atoms with Crippen molar-refractivity contribution in [2.24, 2.45) is 0 Å². The summed E-state index contributed by atoms with van der Waals surface area (Å²) in [5.41, 5.74) is 0. The van der Waals surface area contributed by atoms with Crippen molar-refractivity contribution in [3.8, 4) is 0 Å². The summed E-state index contributed by atoms with van der Waals surface area (Å²) in [6, 6.07) is 2.41. The van der Waals surface area contributed by atoms with Crippen LogP contribution in [0.4, 0.5) is 5.95 Å². The number of likely N-dealkylation sites (N-methyl/N-ethyl adjacent to an activating group) is 1. The second-order valence-electron chi connectivity index (χ2n) is 3.48. The van der Waals surface area contributed by atoms with E-state index in [-0.39, 0.29) is 0 Å². The zero-order chi connectivity index (χ0) is 9.80. The zero-order valence-electron chi connectivity index (χ0n) is 8.48. The van der Waals surface area contributed by atoms with Crippen LogP contribution in [-0.2, 0) is 0 Å². The van der Waals surface area contributed by atoms with Crippen LogP contribution in [0.3, 0.4) is 0 Å². The molecule has 0 spiro atoms. The molecule has 1 aliphatic heterocycles. The Bertz CT molecular complexity index is 269. The van der Waals surface area contributed by atoms with Crippen molar-refractivity contribution in [3.63, 3.8) is 0 Å². The van der Waals surface area contributed by atoms with Gasteiger partial charge < -0.3 is 10.2 Å². The average molecular weight is 192 g/mol. The van der Waals surface area contributed by atoms with Crippen molar-refractivity contribution in [1.29, 1.82) is 0 Å². The van der Waals surface area contributed by atoms with Gasteiger partial charge in [0, 0.05) is 31.5 Å². The van der Waals surface area contributed by atoms with Gasteiger partial charge in [-0.25, -0.2) is 9.97 Å². The van der Waals surface area contributed by atoms with Crippen molar-refractivity contribution in [2.45, 2.75) is 19.4 Å². The monoisotopic (exact) mass is 192 g/mol. The maximum Gasteiger partial charge on any atom is 0.225 e. The lowest BCUT2D eigenvalue weighted by Gasteiger charge is -2.26. The first-order chi connectivity index (χ1) is 6.92. The van der Waals surface area contributed by atoms with Crippen LogP contribution >= 0.6 is 0 Å². The highest BCUT2D eigenvalue weighted by Crippen LogP contribution is 2.14. The van der Waals surface area contributed by atoms with Crippen LogP contribution < -0.4 is 10.2 Å². The second-order valence-corrected chi connectivity index (χ2v) is 3.48. The summed E-state index contributed by atoms with van der Waals surface area (Å²) in [4.78, 5) is 10.8. The molecule has 1 atom stereocenters. The van der Waals surface area contributed by atoms with Gasteiger partial charge in [0.2, 0.25) is 5.95 Å². The third kappa shape index (κ3) is 1.85. The van der Waals surface area contributed by atoms with Gasteiger partial charge in [0.25, 0.3) is 0 Å². The maximum absolute atomic E-state index is 4.28. The van der Waals surface area contributed by atoms with Crippen LogP contribution in [0.5, 0.6) is 0 Å². The molecule has 4 nitrogen and oxygen atoms in total. The van der Waals surface area contributed by atoms with Crippen LogP contribution in [0, 0.1) is 0 Å². The number of anilines is 1. The Morgan fingerprint density at radius 2 is 2.29 bits per heavy atom. The van der Waals surface area contributed by atoms with Crippen molar-refractivity contribution < 1.29 is 0 Å². The smallest absolute Gasteiger partial charge is 0.225 e. The molecule has 4 heteroatoms. The minimum absolute atomic E-state index is 0.558. The third-order valence-electron chi connectivity index (χ3n) is 2.62. The lowest BCUT2D eigenvalue weighted by Crippen LogP contribution is -2.37. The van der Waals surface area contributed by atoms with Crippen LogP contribution in [0.15, 0.2) is 18.5 Å². The zero-order valence-corrected chi connectivity index (χ0v) is 8.48. The molecule has 1 aromatic rings. The first kappa shape index (κ1) is 9.40. The SMILES string of the molecule is CCN(c1ncccn1)C1CCNC1. The van der Waals surface area contributed by atoms with E-state index in [1.54, 1.807) is 12.4 Å². The molecule has 0 aliphatic carbocycles. The standard InChI is InChI=1S/C10H16N4/c1-2-14(9-4-7-11-8-9)10-12-5-3-6-13-10/h3,5-6,9,11H,2,4,7-8H2,1H3. The first-order valence-corrected chi connectivity index (χ1v) is 5.16. The number of hydrogen-bond donors (Lipinski definition) is 1. The van der Waals surface area contributed by atoms with Gasteiger partial charge in [0.15, 0.2) is 0 Å². The molecule has 0 saturated carbocycles. The highest BCUT2D eigenvalue weighted by atomic mass is 15.3. The van der Waals surface area contributed by atoms with Crippen LogP contribution in [0.1, 0.15) is 13.3 Å². The van der Waals surface area contributed by atoms with Gasteiger partial charge in [-0.3, -0.25) is 0 Å². The van der Waals surface area contributed by atoms with Gasteiger partial charge in [-0.15, -0.1) is 0 Å². The summed E-state index contributed by atoms with van der Waals surface area (Å²) in [6.45, 7) is 5.27. The Kier molecular flexibility index (Phi) is 2.93. The fourth-order valence-electron chi connectivity index (χ4n) is 1.91. The van der Waals surface area contributed by atoms with Gasteiger partial charge in [-0.2, -0.15) is 0 Å². The van der Waals surface area contributed by atoms with Gasteiger partial charge in [-0.1, -0.05) is 0 Å². The summed E-state index contributed by atoms with van der Waals surface area (Å²) in [5.74, 6) is 0.851. The van der Waals surface area contributed by atoms with E-state index in [0.717, 1.165) is 25.6 Å². The lowest BCUT2D eigenvalue weighted by molar-refractivity contribution is 0.631. The number of rotatable bonds is 3. The predicted molar refractivity (Wildman–Crippen MR) is 56.3 cm³/mol. The van der Waals surface area contributed by atoms with E-state index in [1.807, 2.05) is 6.07 Å². The van der Waals surface area contributed by atoms with E-state index in [1.165, 1.54) is 6.42 Å². The lowest BCUT2D eigenvalue weighted by atomic mass is 10.2. The molecule has 1 unspecified atom stereocenters. The van der Waals surface area contributed by atoms with Gasteiger partial charge >= 0.3 is 0 Å². The van der Waals surface area contributed by atoms with Crippen molar-refractivity contribution >= 4 is 5.95 Å². The minimum atomic E-state index is 0.558. The summed E-state index contributed by atoms with van der Waals surface area (Å²) in [5, 5.41) is 3.36.